The van der Waals surface area contributed by atoms with Gasteiger partial charge in [-0.3, -0.25) is 10.00 Å². The number of ether oxygens (including phenoxy) is 2. The number of carbonyl (C=O) groups is 1. The summed E-state index contributed by atoms with van der Waals surface area (Å²) in [4.78, 5) is 14.0. The number of nitrogens with one attached hydrogen (secondary N) is 1. The minimum atomic E-state index is -0.405. The molecule has 1 aliphatic heterocycles. The van der Waals surface area contributed by atoms with Crippen molar-refractivity contribution in [3.05, 3.63) is 60.2 Å². The zero-order valence-electron chi connectivity index (χ0n) is 15.6. The molecule has 6 nitrogen and oxygen atoms in total. The predicted molar refractivity (Wildman–Crippen MR) is 103 cm³/mol. The Kier molecular flexibility index (Phi) is 4.73. The molecule has 0 saturated carbocycles. The summed E-state index contributed by atoms with van der Waals surface area (Å²) in [5, 5.41) is 6.83. The highest BCUT2D eigenvalue weighted by atomic mass is 19.1. The molecule has 4 rings (SSSR count). The predicted octanol–water partition coefficient (Wildman–Crippen LogP) is 4.92. The Labute approximate surface area is 161 Å². The van der Waals surface area contributed by atoms with E-state index in [4.69, 9.17) is 9.47 Å². The number of fused-ring (bicyclic) bond motifs is 1. The number of carbonyl (C=O) groups excluding carboxylic acids is 1. The number of amides is 1. The summed E-state index contributed by atoms with van der Waals surface area (Å²) >= 11 is 0. The maximum Gasteiger partial charge on any atom is 0.414 e. The third kappa shape index (κ3) is 3.19. The molecular weight excluding hydrogens is 361 g/mol. The van der Waals surface area contributed by atoms with Crippen LogP contribution < -0.4 is 9.64 Å². The van der Waals surface area contributed by atoms with Gasteiger partial charge >= 0.3 is 6.09 Å². The van der Waals surface area contributed by atoms with Crippen LogP contribution in [-0.2, 0) is 11.2 Å². The number of aromatic nitrogens is 2. The molecule has 1 atom stereocenters. The molecule has 144 valence electrons. The molecule has 7 heteroatoms. The van der Waals surface area contributed by atoms with E-state index in [0.717, 1.165) is 35.2 Å². The van der Waals surface area contributed by atoms with Gasteiger partial charge in [-0.05, 0) is 56.2 Å². The highest BCUT2D eigenvalue weighted by molar-refractivity contribution is 5.92. The van der Waals surface area contributed by atoms with Gasteiger partial charge < -0.3 is 9.47 Å². The van der Waals surface area contributed by atoms with Gasteiger partial charge in [-0.25, -0.2) is 9.18 Å². The van der Waals surface area contributed by atoms with Crippen molar-refractivity contribution in [2.75, 3.05) is 12.0 Å². The number of benzene rings is 2. The number of halogens is 1. The lowest BCUT2D eigenvalue weighted by Gasteiger charge is -2.35. The SMILES string of the molecule is COC(=O)N1c2ccc(-c3cn[nH]c3)c(Oc3ccc(F)cc3)c2CC[C@@H]1C. The minimum absolute atomic E-state index is 0.0124. The summed E-state index contributed by atoms with van der Waals surface area (Å²) in [5.74, 6) is 0.817. The third-order valence-electron chi connectivity index (χ3n) is 4.96. The summed E-state index contributed by atoms with van der Waals surface area (Å²) in [6.45, 7) is 1.99. The highest BCUT2D eigenvalue weighted by Crippen LogP contribution is 2.44. The second-order valence-corrected chi connectivity index (χ2v) is 6.71. The molecule has 1 N–H and O–H groups in total. The lowest BCUT2D eigenvalue weighted by Crippen LogP contribution is -2.42. The van der Waals surface area contributed by atoms with Crippen molar-refractivity contribution in [3.63, 3.8) is 0 Å². The van der Waals surface area contributed by atoms with Crippen molar-refractivity contribution < 1.29 is 18.7 Å². The molecule has 28 heavy (non-hydrogen) atoms. The zero-order valence-corrected chi connectivity index (χ0v) is 15.6. The molecule has 2 aromatic carbocycles. The fraction of sp³-hybridized carbons (Fsp3) is 0.238. The largest absolute Gasteiger partial charge is 0.456 e. The first-order valence-electron chi connectivity index (χ1n) is 9.04. The highest BCUT2D eigenvalue weighted by Gasteiger charge is 2.32. The molecule has 1 amide bonds. The number of hydrogen-bond donors (Lipinski definition) is 1. The minimum Gasteiger partial charge on any atom is -0.456 e. The Morgan fingerprint density at radius 3 is 2.71 bits per heavy atom. The van der Waals surface area contributed by atoms with Crippen LogP contribution >= 0.6 is 0 Å². The van der Waals surface area contributed by atoms with E-state index in [1.165, 1.54) is 19.2 Å². The van der Waals surface area contributed by atoms with Gasteiger partial charge in [0.05, 0.1) is 19.0 Å². The van der Waals surface area contributed by atoms with Crippen molar-refractivity contribution in [2.24, 2.45) is 0 Å². The number of nitrogens with zero attached hydrogens (tertiary/aromatic N) is 2. The van der Waals surface area contributed by atoms with Crippen molar-refractivity contribution >= 4 is 11.8 Å². The van der Waals surface area contributed by atoms with Crippen LogP contribution in [0.4, 0.5) is 14.9 Å². The van der Waals surface area contributed by atoms with Crippen LogP contribution in [0.25, 0.3) is 11.1 Å². The average Bonchev–Trinajstić information content (AvgIpc) is 3.23. The molecule has 0 aliphatic carbocycles. The maximum atomic E-state index is 13.3. The number of H-pyrrole nitrogens is 1. The van der Waals surface area contributed by atoms with Gasteiger partial charge in [0.25, 0.3) is 0 Å². The van der Waals surface area contributed by atoms with Gasteiger partial charge in [0, 0.05) is 28.9 Å². The van der Waals surface area contributed by atoms with Crippen molar-refractivity contribution in [3.8, 4) is 22.6 Å². The number of anilines is 1. The molecule has 2 heterocycles. The normalized spacial score (nSPS) is 15.8. The van der Waals surface area contributed by atoms with Gasteiger partial charge in [-0.2, -0.15) is 5.10 Å². The maximum absolute atomic E-state index is 13.3. The first-order chi connectivity index (χ1) is 13.6. The van der Waals surface area contributed by atoms with Gasteiger partial charge in [0.15, 0.2) is 0 Å². The molecular formula is C21H20FN3O3. The Morgan fingerprint density at radius 2 is 2.04 bits per heavy atom. The summed E-state index contributed by atoms with van der Waals surface area (Å²) in [5.41, 5.74) is 3.38. The molecule has 0 unspecified atom stereocenters. The average molecular weight is 381 g/mol. The van der Waals surface area contributed by atoms with Crippen LogP contribution in [0.2, 0.25) is 0 Å². The second-order valence-electron chi connectivity index (χ2n) is 6.71. The quantitative estimate of drug-likeness (QED) is 0.700. The lowest BCUT2D eigenvalue weighted by atomic mass is 9.92. The molecule has 1 aliphatic rings. The van der Waals surface area contributed by atoms with E-state index in [0.29, 0.717) is 11.5 Å². The van der Waals surface area contributed by atoms with Crippen LogP contribution in [-0.4, -0.2) is 29.4 Å². The van der Waals surface area contributed by atoms with Gasteiger partial charge in [-0.15, -0.1) is 0 Å². The number of aromatic amines is 1. The van der Waals surface area contributed by atoms with E-state index in [-0.39, 0.29) is 11.9 Å². The van der Waals surface area contributed by atoms with Crippen molar-refractivity contribution in [2.45, 2.75) is 25.8 Å². The van der Waals surface area contributed by atoms with Crippen molar-refractivity contribution in [1.82, 2.24) is 10.2 Å². The summed E-state index contributed by atoms with van der Waals surface area (Å²) < 4.78 is 24.5. The second kappa shape index (κ2) is 7.34. The Bertz CT molecular complexity index is 987. The molecule has 0 bridgehead atoms. The Hall–Kier alpha value is -3.35. The van der Waals surface area contributed by atoms with Crippen LogP contribution in [0.5, 0.6) is 11.5 Å². The zero-order chi connectivity index (χ0) is 19.7. The first-order valence-corrected chi connectivity index (χ1v) is 9.04. The smallest absolute Gasteiger partial charge is 0.414 e. The van der Waals surface area contributed by atoms with Crippen LogP contribution in [0, 0.1) is 5.82 Å². The summed E-state index contributed by atoms with van der Waals surface area (Å²) in [7, 11) is 1.37. The van der Waals surface area contributed by atoms with Crippen molar-refractivity contribution in [1.29, 1.82) is 0 Å². The van der Waals surface area contributed by atoms with Gasteiger partial charge in [0.1, 0.15) is 17.3 Å². The Balaban J connectivity index is 1.86. The van der Waals surface area contributed by atoms with E-state index in [1.54, 1.807) is 29.4 Å². The number of hydrogen-bond acceptors (Lipinski definition) is 4. The molecule has 3 aromatic rings. The lowest BCUT2D eigenvalue weighted by molar-refractivity contribution is 0.175. The standard InChI is InChI=1S/C21H20FN3O3/c1-13-3-8-18-19(25(13)21(26)27-2)10-9-17(14-11-23-24-12-14)20(18)28-16-6-4-15(22)5-7-16/h4-7,9-13H,3,8H2,1-2H3,(H,23,24)/t13-/m0/s1. The molecule has 0 fully saturated rings. The fourth-order valence-corrected chi connectivity index (χ4v) is 3.54. The number of methoxy groups -OCH3 is 1. The molecule has 1 aromatic heterocycles. The third-order valence-corrected chi connectivity index (χ3v) is 4.96. The fourth-order valence-electron chi connectivity index (χ4n) is 3.54. The Morgan fingerprint density at radius 1 is 1.25 bits per heavy atom. The monoisotopic (exact) mass is 381 g/mol. The van der Waals surface area contributed by atoms with E-state index < -0.39 is 6.09 Å². The van der Waals surface area contributed by atoms with E-state index in [1.807, 2.05) is 19.1 Å². The molecule has 0 saturated heterocycles. The topological polar surface area (TPSA) is 67.5 Å². The van der Waals surface area contributed by atoms with Crippen LogP contribution in [0.3, 0.4) is 0 Å². The summed E-state index contributed by atoms with van der Waals surface area (Å²) in [6, 6.07) is 9.68. The van der Waals surface area contributed by atoms with E-state index in [9.17, 15) is 9.18 Å². The van der Waals surface area contributed by atoms with E-state index >= 15 is 0 Å². The summed E-state index contributed by atoms with van der Waals surface area (Å²) in [6.07, 6.45) is 4.60. The number of rotatable bonds is 3. The van der Waals surface area contributed by atoms with Crippen LogP contribution in [0.1, 0.15) is 18.9 Å². The van der Waals surface area contributed by atoms with Crippen LogP contribution in [0.15, 0.2) is 48.8 Å². The van der Waals surface area contributed by atoms with Gasteiger partial charge in [0.2, 0.25) is 0 Å². The molecule has 0 radical (unpaired) electrons. The van der Waals surface area contributed by atoms with Gasteiger partial charge in [-0.1, -0.05) is 0 Å². The first kappa shape index (κ1) is 18.0. The van der Waals surface area contributed by atoms with E-state index in [2.05, 4.69) is 10.2 Å². The molecule has 0 spiro atoms.